The minimum atomic E-state index is -0.673. The van der Waals surface area contributed by atoms with E-state index < -0.39 is 17.4 Å². The number of aromatic hydroxyl groups is 4. The maximum Gasteiger partial charge on any atom is 0.259 e. The molecule has 0 saturated carbocycles. The number of carbonyl (C=O) groups is 1. The average Bonchev–Trinajstić information content (AvgIpc) is 2.37. The van der Waals surface area contributed by atoms with Crippen molar-refractivity contribution in [1.29, 1.82) is 0 Å². The van der Waals surface area contributed by atoms with E-state index in [-0.39, 0.29) is 23.6 Å². The van der Waals surface area contributed by atoms with E-state index in [9.17, 15) is 15.0 Å². The van der Waals surface area contributed by atoms with E-state index in [0.717, 1.165) is 17.7 Å². The van der Waals surface area contributed by atoms with Crippen LogP contribution in [0.25, 0.3) is 0 Å². The highest BCUT2D eigenvalue weighted by atomic mass is 16.3. The molecule has 0 aliphatic heterocycles. The normalized spacial score (nSPS) is 10.2. The number of benzene rings is 2. The van der Waals surface area contributed by atoms with Crippen LogP contribution in [-0.2, 0) is 6.54 Å². The summed E-state index contributed by atoms with van der Waals surface area (Å²) >= 11 is 0. The lowest BCUT2D eigenvalue weighted by molar-refractivity contribution is 0.0945. The lowest BCUT2D eigenvalue weighted by atomic mass is 10.1. The number of hydrogen-bond donors (Lipinski definition) is 5. The Bertz CT molecular complexity index is 614. The maximum atomic E-state index is 11.9. The van der Waals surface area contributed by atoms with Crippen molar-refractivity contribution in [3.05, 3.63) is 47.5 Å². The van der Waals surface area contributed by atoms with Crippen LogP contribution in [0.1, 0.15) is 15.9 Å². The van der Waals surface area contributed by atoms with Crippen molar-refractivity contribution in [2.24, 2.45) is 0 Å². The van der Waals surface area contributed by atoms with Crippen molar-refractivity contribution >= 4 is 5.91 Å². The first-order valence-corrected chi connectivity index (χ1v) is 5.78. The number of amides is 1. The summed E-state index contributed by atoms with van der Waals surface area (Å²) in [6.45, 7) is 0.166. The van der Waals surface area contributed by atoms with Crippen molar-refractivity contribution in [3.8, 4) is 23.0 Å². The zero-order valence-corrected chi connectivity index (χ0v) is 10.4. The minimum absolute atomic E-state index is 0.119. The molecule has 0 aliphatic carbocycles. The van der Waals surface area contributed by atoms with Crippen LogP contribution in [0.15, 0.2) is 36.4 Å². The van der Waals surface area contributed by atoms with Crippen molar-refractivity contribution in [3.63, 3.8) is 0 Å². The Morgan fingerprint density at radius 1 is 0.900 bits per heavy atom. The number of rotatable bonds is 3. The van der Waals surface area contributed by atoms with Gasteiger partial charge in [0.05, 0.1) is 0 Å². The molecule has 1 amide bonds. The van der Waals surface area contributed by atoms with E-state index in [1.54, 1.807) is 12.1 Å². The number of carbonyl (C=O) groups excluding carboxylic acids is 1. The lowest BCUT2D eigenvalue weighted by Crippen LogP contribution is -2.22. The Hall–Kier alpha value is -2.89. The van der Waals surface area contributed by atoms with Gasteiger partial charge in [0.1, 0.15) is 28.6 Å². The smallest absolute Gasteiger partial charge is 0.259 e. The minimum Gasteiger partial charge on any atom is -0.508 e. The first-order chi connectivity index (χ1) is 9.47. The van der Waals surface area contributed by atoms with Crippen molar-refractivity contribution in [2.75, 3.05) is 0 Å². The van der Waals surface area contributed by atoms with Crippen LogP contribution in [0.4, 0.5) is 0 Å². The molecule has 20 heavy (non-hydrogen) atoms. The molecule has 2 rings (SSSR count). The van der Waals surface area contributed by atoms with Gasteiger partial charge in [0.2, 0.25) is 0 Å². The summed E-state index contributed by atoms with van der Waals surface area (Å²) in [4.78, 5) is 11.9. The van der Waals surface area contributed by atoms with Gasteiger partial charge in [-0.3, -0.25) is 4.79 Å². The SMILES string of the molecule is O=C(NCc1ccc(O)cc1)c1c(O)cc(O)cc1O. The van der Waals surface area contributed by atoms with Crippen LogP contribution in [0.3, 0.4) is 0 Å². The monoisotopic (exact) mass is 275 g/mol. The molecule has 5 N–H and O–H groups in total. The molecular formula is C14H13NO5. The summed E-state index contributed by atoms with van der Waals surface area (Å²) in [7, 11) is 0. The van der Waals surface area contributed by atoms with Crippen molar-refractivity contribution in [2.45, 2.75) is 6.54 Å². The molecule has 6 nitrogen and oxygen atoms in total. The van der Waals surface area contributed by atoms with E-state index in [1.165, 1.54) is 12.1 Å². The second-order valence-corrected chi connectivity index (χ2v) is 4.21. The summed E-state index contributed by atoms with van der Waals surface area (Å²) in [6, 6.07) is 8.16. The third-order valence-corrected chi connectivity index (χ3v) is 2.70. The maximum absolute atomic E-state index is 11.9. The predicted octanol–water partition coefficient (Wildman–Crippen LogP) is 1.44. The molecule has 0 unspecified atom stereocenters. The van der Waals surface area contributed by atoms with Crippen LogP contribution in [0, 0.1) is 0 Å². The molecule has 0 fully saturated rings. The van der Waals surface area contributed by atoms with Crippen LogP contribution in [0.2, 0.25) is 0 Å². The standard InChI is InChI=1S/C14H13NO5/c16-9-3-1-8(2-4-9)7-15-14(20)13-11(18)5-10(17)6-12(13)19/h1-6,16-19H,7H2,(H,15,20). The van der Waals surface area contributed by atoms with Crippen LogP contribution in [0.5, 0.6) is 23.0 Å². The molecule has 0 aromatic heterocycles. The highest BCUT2D eigenvalue weighted by Gasteiger charge is 2.17. The van der Waals surface area contributed by atoms with Gasteiger partial charge >= 0.3 is 0 Å². The summed E-state index contributed by atoms with van der Waals surface area (Å²) in [5, 5.41) is 39.9. The largest absolute Gasteiger partial charge is 0.508 e. The second-order valence-electron chi connectivity index (χ2n) is 4.21. The molecule has 6 heteroatoms. The topological polar surface area (TPSA) is 110 Å². The first-order valence-electron chi connectivity index (χ1n) is 5.78. The first kappa shape index (κ1) is 13.5. The quantitative estimate of drug-likeness (QED) is 0.582. The summed E-state index contributed by atoms with van der Waals surface area (Å²) in [6.07, 6.45) is 0. The average molecular weight is 275 g/mol. The number of nitrogens with one attached hydrogen (secondary N) is 1. The Balaban J connectivity index is 2.11. The van der Waals surface area contributed by atoms with E-state index >= 15 is 0 Å². The molecule has 0 saturated heterocycles. The van der Waals surface area contributed by atoms with E-state index in [0.29, 0.717) is 0 Å². The molecule has 0 atom stereocenters. The Labute approximate surface area is 114 Å². The van der Waals surface area contributed by atoms with Crippen LogP contribution >= 0.6 is 0 Å². The fraction of sp³-hybridized carbons (Fsp3) is 0.0714. The third-order valence-electron chi connectivity index (χ3n) is 2.70. The number of phenols is 4. The number of hydrogen-bond acceptors (Lipinski definition) is 5. The van der Waals surface area contributed by atoms with Crippen LogP contribution in [-0.4, -0.2) is 26.3 Å². The molecule has 104 valence electrons. The van der Waals surface area contributed by atoms with E-state index in [1.807, 2.05) is 0 Å². The van der Waals surface area contributed by atoms with Crippen LogP contribution < -0.4 is 5.32 Å². The number of phenolic OH excluding ortho intramolecular Hbond substituents is 4. The van der Waals surface area contributed by atoms with Gasteiger partial charge in [-0.25, -0.2) is 0 Å². The Morgan fingerprint density at radius 2 is 1.45 bits per heavy atom. The Morgan fingerprint density at radius 3 is 2.00 bits per heavy atom. The highest BCUT2D eigenvalue weighted by Crippen LogP contribution is 2.31. The summed E-state index contributed by atoms with van der Waals surface area (Å²) < 4.78 is 0. The molecule has 0 aliphatic rings. The van der Waals surface area contributed by atoms with Gasteiger partial charge in [-0.05, 0) is 17.7 Å². The van der Waals surface area contributed by atoms with Gasteiger partial charge in [-0.15, -0.1) is 0 Å². The summed E-state index contributed by atoms with van der Waals surface area (Å²) in [5.74, 6) is -1.91. The zero-order valence-electron chi connectivity index (χ0n) is 10.4. The molecule has 2 aromatic rings. The lowest BCUT2D eigenvalue weighted by Gasteiger charge is -2.09. The fourth-order valence-corrected chi connectivity index (χ4v) is 1.71. The predicted molar refractivity (Wildman–Crippen MR) is 70.7 cm³/mol. The van der Waals surface area contributed by atoms with Gasteiger partial charge in [0.25, 0.3) is 5.91 Å². The summed E-state index contributed by atoms with van der Waals surface area (Å²) in [5.41, 5.74) is 0.440. The van der Waals surface area contributed by atoms with Gasteiger partial charge in [-0.1, -0.05) is 12.1 Å². The van der Waals surface area contributed by atoms with E-state index in [2.05, 4.69) is 5.32 Å². The fourth-order valence-electron chi connectivity index (χ4n) is 1.71. The van der Waals surface area contributed by atoms with Gasteiger partial charge in [0.15, 0.2) is 0 Å². The van der Waals surface area contributed by atoms with Crippen molar-refractivity contribution < 1.29 is 25.2 Å². The highest BCUT2D eigenvalue weighted by molar-refractivity contribution is 5.99. The van der Waals surface area contributed by atoms with Crippen molar-refractivity contribution in [1.82, 2.24) is 5.32 Å². The van der Waals surface area contributed by atoms with Gasteiger partial charge in [0, 0.05) is 18.7 Å². The molecule has 0 heterocycles. The van der Waals surface area contributed by atoms with E-state index in [4.69, 9.17) is 10.2 Å². The molecule has 0 bridgehead atoms. The molecular weight excluding hydrogens is 262 g/mol. The second kappa shape index (κ2) is 5.40. The zero-order chi connectivity index (χ0) is 14.7. The third kappa shape index (κ3) is 2.92. The molecule has 2 aromatic carbocycles. The Kier molecular flexibility index (Phi) is 3.65. The molecule has 0 radical (unpaired) electrons. The van der Waals surface area contributed by atoms with Gasteiger partial charge in [-0.2, -0.15) is 0 Å². The molecule has 0 spiro atoms. The van der Waals surface area contributed by atoms with Gasteiger partial charge < -0.3 is 25.7 Å².